The predicted octanol–water partition coefficient (Wildman–Crippen LogP) is 3.91. The number of hydrogen-bond acceptors (Lipinski definition) is 2. The number of rotatable bonds is 7. The molecule has 20 heavy (non-hydrogen) atoms. The second-order valence-electron chi connectivity index (χ2n) is 5.66. The van der Waals surface area contributed by atoms with Crippen LogP contribution in [0, 0.1) is 0 Å². The molecule has 110 valence electrons. The average molecular weight is 274 g/mol. The second-order valence-corrected chi connectivity index (χ2v) is 5.66. The Morgan fingerprint density at radius 1 is 1.20 bits per heavy atom. The van der Waals surface area contributed by atoms with Crippen molar-refractivity contribution in [3.05, 3.63) is 23.8 Å². The largest absolute Gasteiger partial charge is 0.398 e. The van der Waals surface area contributed by atoms with Crippen LogP contribution in [0.15, 0.2) is 18.2 Å². The maximum absolute atomic E-state index is 12.3. The van der Waals surface area contributed by atoms with Crippen molar-refractivity contribution < 1.29 is 4.79 Å². The highest BCUT2D eigenvalue weighted by Crippen LogP contribution is 2.32. The molecule has 0 aromatic heterocycles. The number of carbonyl (C=O) groups excluding carboxylic acids is 1. The van der Waals surface area contributed by atoms with Crippen LogP contribution in [0.5, 0.6) is 0 Å². The van der Waals surface area contributed by atoms with Gasteiger partial charge in [-0.05, 0) is 25.0 Å². The number of carbonyl (C=O) groups is 1. The molecule has 0 atom stereocenters. The third kappa shape index (κ3) is 3.53. The standard InChI is InChI=1S/C17H26N2O/c1-2-3-4-5-6-7-11-17(20)19-13-12-14-15(18)9-8-10-16(14)19/h8-10H,2-7,11-13,18H2,1H3. The summed E-state index contributed by atoms with van der Waals surface area (Å²) >= 11 is 0. The number of nitrogens with zero attached hydrogens (tertiary/aromatic N) is 1. The van der Waals surface area contributed by atoms with E-state index in [9.17, 15) is 4.79 Å². The van der Waals surface area contributed by atoms with Gasteiger partial charge in [0.2, 0.25) is 5.91 Å². The molecule has 3 heteroatoms. The molecule has 0 radical (unpaired) electrons. The van der Waals surface area contributed by atoms with Gasteiger partial charge in [0.25, 0.3) is 0 Å². The van der Waals surface area contributed by atoms with Crippen LogP contribution in [-0.4, -0.2) is 12.5 Å². The van der Waals surface area contributed by atoms with Crippen molar-refractivity contribution in [3.8, 4) is 0 Å². The van der Waals surface area contributed by atoms with Crippen LogP contribution >= 0.6 is 0 Å². The summed E-state index contributed by atoms with van der Waals surface area (Å²) in [5.74, 6) is 0.254. The highest BCUT2D eigenvalue weighted by molar-refractivity contribution is 5.96. The lowest BCUT2D eigenvalue weighted by molar-refractivity contribution is -0.118. The molecule has 0 fully saturated rings. The first kappa shape index (κ1) is 14.9. The number of benzene rings is 1. The van der Waals surface area contributed by atoms with Gasteiger partial charge in [0.05, 0.1) is 0 Å². The van der Waals surface area contributed by atoms with Crippen molar-refractivity contribution in [3.63, 3.8) is 0 Å². The number of unbranched alkanes of at least 4 members (excludes halogenated alkanes) is 5. The summed E-state index contributed by atoms with van der Waals surface area (Å²) in [7, 11) is 0. The maximum Gasteiger partial charge on any atom is 0.226 e. The molecule has 1 aliphatic rings. The van der Waals surface area contributed by atoms with Crippen molar-refractivity contribution in [2.24, 2.45) is 0 Å². The van der Waals surface area contributed by atoms with Crippen molar-refractivity contribution in [1.29, 1.82) is 0 Å². The van der Waals surface area contributed by atoms with Gasteiger partial charge in [-0.3, -0.25) is 4.79 Å². The van der Waals surface area contributed by atoms with E-state index in [4.69, 9.17) is 5.73 Å². The fourth-order valence-corrected chi connectivity index (χ4v) is 2.91. The van der Waals surface area contributed by atoms with Crippen LogP contribution in [0.4, 0.5) is 11.4 Å². The van der Waals surface area contributed by atoms with E-state index >= 15 is 0 Å². The Morgan fingerprint density at radius 3 is 2.75 bits per heavy atom. The molecular weight excluding hydrogens is 248 g/mol. The van der Waals surface area contributed by atoms with Crippen LogP contribution < -0.4 is 10.6 Å². The SMILES string of the molecule is CCCCCCCCC(=O)N1CCc2c(N)cccc21. The van der Waals surface area contributed by atoms with Crippen LogP contribution in [0.2, 0.25) is 0 Å². The Hall–Kier alpha value is -1.51. The molecule has 0 saturated carbocycles. The van der Waals surface area contributed by atoms with Gasteiger partial charge in [-0.1, -0.05) is 45.1 Å². The smallest absolute Gasteiger partial charge is 0.226 e. The van der Waals surface area contributed by atoms with Gasteiger partial charge in [0.1, 0.15) is 0 Å². The average Bonchev–Trinajstić information content (AvgIpc) is 2.88. The van der Waals surface area contributed by atoms with Gasteiger partial charge in [-0.2, -0.15) is 0 Å². The Balaban J connectivity index is 1.79. The fourth-order valence-electron chi connectivity index (χ4n) is 2.91. The Kier molecular flexibility index (Phi) is 5.45. The molecule has 0 bridgehead atoms. The summed E-state index contributed by atoms with van der Waals surface area (Å²) in [6.07, 6.45) is 8.88. The number of amides is 1. The zero-order chi connectivity index (χ0) is 14.4. The van der Waals surface area contributed by atoms with E-state index < -0.39 is 0 Å². The van der Waals surface area contributed by atoms with E-state index in [2.05, 4.69) is 6.92 Å². The van der Waals surface area contributed by atoms with Crippen LogP contribution in [0.25, 0.3) is 0 Å². The molecule has 0 saturated heterocycles. The number of fused-ring (bicyclic) bond motifs is 1. The normalized spacial score (nSPS) is 13.6. The summed E-state index contributed by atoms with van der Waals surface area (Å²) in [5, 5.41) is 0. The Bertz CT molecular complexity index is 456. The van der Waals surface area contributed by atoms with Crippen LogP contribution in [0.3, 0.4) is 0 Å². The van der Waals surface area contributed by atoms with Crippen LogP contribution in [-0.2, 0) is 11.2 Å². The summed E-state index contributed by atoms with van der Waals surface area (Å²) < 4.78 is 0. The highest BCUT2D eigenvalue weighted by Gasteiger charge is 2.25. The quantitative estimate of drug-likeness (QED) is 0.605. The zero-order valence-electron chi connectivity index (χ0n) is 12.5. The first-order chi connectivity index (χ1) is 9.74. The lowest BCUT2D eigenvalue weighted by atomic mass is 10.1. The van der Waals surface area contributed by atoms with E-state index in [1.165, 1.54) is 32.1 Å². The molecule has 1 amide bonds. The molecule has 1 heterocycles. The topological polar surface area (TPSA) is 46.3 Å². The van der Waals surface area contributed by atoms with Crippen molar-refractivity contribution in [2.45, 2.75) is 58.3 Å². The second kappa shape index (κ2) is 7.32. The Labute approximate surface area is 122 Å². The van der Waals surface area contributed by atoms with Crippen molar-refractivity contribution >= 4 is 17.3 Å². The lowest BCUT2D eigenvalue weighted by Gasteiger charge is -2.17. The minimum atomic E-state index is 0.254. The molecule has 1 aliphatic heterocycles. The van der Waals surface area contributed by atoms with E-state index in [1.54, 1.807) is 0 Å². The molecule has 3 nitrogen and oxygen atoms in total. The highest BCUT2D eigenvalue weighted by atomic mass is 16.2. The third-order valence-electron chi connectivity index (χ3n) is 4.11. The zero-order valence-corrected chi connectivity index (χ0v) is 12.5. The summed E-state index contributed by atoms with van der Waals surface area (Å²) in [6, 6.07) is 5.86. The van der Waals surface area contributed by atoms with Gasteiger partial charge in [-0.25, -0.2) is 0 Å². The molecule has 1 aromatic carbocycles. The predicted molar refractivity (Wildman–Crippen MR) is 84.9 cm³/mol. The Morgan fingerprint density at radius 2 is 1.95 bits per heavy atom. The van der Waals surface area contributed by atoms with Gasteiger partial charge >= 0.3 is 0 Å². The van der Waals surface area contributed by atoms with Gasteiger partial charge in [-0.15, -0.1) is 0 Å². The third-order valence-corrected chi connectivity index (χ3v) is 4.11. The maximum atomic E-state index is 12.3. The first-order valence-corrected chi connectivity index (χ1v) is 7.91. The number of nitrogens with two attached hydrogens (primary N) is 1. The molecule has 1 aromatic rings. The molecular formula is C17H26N2O. The molecule has 2 rings (SSSR count). The summed E-state index contributed by atoms with van der Waals surface area (Å²) in [5.41, 5.74) is 8.95. The van der Waals surface area contributed by atoms with Gasteiger partial charge in [0, 0.05) is 29.9 Å². The van der Waals surface area contributed by atoms with Gasteiger partial charge in [0.15, 0.2) is 0 Å². The number of anilines is 2. The summed E-state index contributed by atoms with van der Waals surface area (Å²) in [6.45, 7) is 3.01. The van der Waals surface area contributed by atoms with Gasteiger partial charge < -0.3 is 10.6 Å². The van der Waals surface area contributed by atoms with Crippen molar-refractivity contribution in [1.82, 2.24) is 0 Å². The number of hydrogen-bond donors (Lipinski definition) is 1. The van der Waals surface area contributed by atoms with E-state index in [0.29, 0.717) is 6.42 Å². The van der Waals surface area contributed by atoms with E-state index in [1.807, 2.05) is 23.1 Å². The first-order valence-electron chi connectivity index (χ1n) is 7.91. The molecule has 0 unspecified atom stereocenters. The minimum absolute atomic E-state index is 0.254. The number of nitrogen functional groups attached to an aromatic ring is 1. The van der Waals surface area contributed by atoms with E-state index in [-0.39, 0.29) is 5.91 Å². The van der Waals surface area contributed by atoms with Crippen LogP contribution in [0.1, 0.15) is 57.4 Å². The minimum Gasteiger partial charge on any atom is -0.398 e. The lowest BCUT2D eigenvalue weighted by Crippen LogP contribution is -2.28. The fraction of sp³-hybridized carbons (Fsp3) is 0.588. The molecule has 0 aliphatic carbocycles. The monoisotopic (exact) mass is 274 g/mol. The molecule has 2 N–H and O–H groups in total. The summed E-state index contributed by atoms with van der Waals surface area (Å²) in [4.78, 5) is 14.2. The van der Waals surface area contributed by atoms with Crippen molar-refractivity contribution in [2.75, 3.05) is 17.2 Å². The molecule has 0 spiro atoms. The van der Waals surface area contributed by atoms with E-state index in [0.717, 1.165) is 36.3 Å².